The quantitative estimate of drug-likeness (QED) is 0.707. The Bertz CT molecular complexity index is 267. The average Bonchev–Trinajstić information content (AvgIpc) is 2.04. The molecule has 0 saturated carbocycles. The van der Waals surface area contributed by atoms with Gasteiger partial charge in [0.2, 0.25) is 0 Å². The van der Waals surface area contributed by atoms with Crippen LogP contribution >= 0.6 is 0 Å². The third-order valence-corrected chi connectivity index (χ3v) is 1.96. The zero-order valence-electron chi connectivity index (χ0n) is 7.67. The molecule has 0 atom stereocenters. The van der Waals surface area contributed by atoms with Crippen LogP contribution in [0.25, 0.3) is 6.08 Å². The van der Waals surface area contributed by atoms with Crippen LogP contribution in [0.4, 0.5) is 0 Å². The molecule has 1 nitrogen and oxygen atoms in total. The summed E-state index contributed by atoms with van der Waals surface area (Å²) in [6.07, 6.45) is 4.07. The van der Waals surface area contributed by atoms with Crippen LogP contribution < -0.4 is 5.73 Å². The fraction of sp³-hybridized carbons (Fsp3) is 0.273. The first kappa shape index (κ1) is 9.01. The lowest BCUT2D eigenvalue weighted by Crippen LogP contribution is -1.93. The summed E-state index contributed by atoms with van der Waals surface area (Å²) in [5.41, 5.74) is 9.29. The number of hydrogen-bond donors (Lipinski definition) is 1. The van der Waals surface area contributed by atoms with E-state index in [0.717, 1.165) is 0 Å². The lowest BCUT2D eigenvalue weighted by molar-refractivity contribution is 1.26. The Hall–Kier alpha value is -1.08. The summed E-state index contributed by atoms with van der Waals surface area (Å²) in [5.74, 6) is 0. The predicted octanol–water partition coefficient (Wildman–Crippen LogP) is 2.28. The Morgan fingerprint density at radius 2 is 1.83 bits per heavy atom. The van der Waals surface area contributed by atoms with E-state index in [1.807, 2.05) is 6.08 Å². The van der Waals surface area contributed by atoms with E-state index < -0.39 is 0 Å². The van der Waals surface area contributed by atoms with Gasteiger partial charge < -0.3 is 5.73 Å². The third kappa shape index (κ3) is 1.95. The van der Waals surface area contributed by atoms with Gasteiger partial charge in [-0.2, -0.15) is 0 Å². The van der Waals surface area contributed by atoms with Crippen LogP contribution in [0.3, 0.4) is 0 Å². The Kier molecular flexibility index (Phi) is 3.06. The summed E-state index contributed by atoms with van der Waals surface area (Å²) < 4.78 is 0. The predicted molar refractivity (Wildman–Crippen MR) is 54.0 cm³/mol. The van der Waals surface area contributed by atoms with E-state index in [9.17, 15) is 0 Å². The minimum absolute atomic E-state index is 0.605. The van der Waals surface area contributed by atoms with Crippen molar-refractivity contribution in [3.05, 3.63) is 41.0 Å². The van der Waals surface area contributed by atoms with Gasteiger partial charge in [0.1, 0.15) is 0 Å². The molecule has 0 unspecified atom stereocenters. The summed E-state index contributed by atoms with van der Waals surface area (Å²) in [5, 5.41) is 0. The van der Waals surface area contributed by atoms with Crippen LogP contribution in [0.15, 0.2) is 24.3 Å². The second-order valence-corrected chi connectivity index (χ2v) is 2.94. The molecule has 0 saturated heterocycles. The molecule has 2 N–H and O–H groups in total. The SMILES string of the molecule is Cc1cccc(C)c1C=CCN. The van der Waals surface area contributed by atoms with Crippen LogP contribution in [0.1, 0.15) is 16.7 Å². The van der Waals surface area contributed by atoms with Gasteiger partial charge in [0.15, 0.2) is 0 Å². The molecule has 1 aromatic rings. The molecule has 0 heterocycles. The molecule has 0 aliphatic heterocycles. The molecule has 12 heavy (non-hydrogen) atoms. The van der Waals surface area contributed by atoms with E-state index in [2.05, 4.69) is 38.1 Å². The maximum atomic E-state index is 5.39. The summed E-state index contributed by atoms with van der Waals surface area (Å²) in [4.78, 5) is 0. The molecule has 1 rings (SSSR count). The molecule has 1 heteroatoms. The molecular formula is C11H15N. The Morgan fingerprint density at radius 3 is 2.33 bits per heavy atom. The van der Waals surface area contributed by atoms with Crippen molar-refractivity contribution in [1.82, 2.24) is 0 Å². The molecular weight excluding hydrogens is 146 g/mol. The zero-order chi connectivity index (χ0) is 8.97. The van der Waals surface area contributed by atoms with Gasteiger partial charge in [0, 0.05) is 6.54 Å². The van der Waals surface area contributed by atoms with Crippen molar-refractivity contribution in [2.45, 2.75) is 13.8 Å². The lowest BCUT2D eigenvalue weighted by atomic mass is 10.0. The Morgan fingerprint density at radius 1 is 1.25 bits per heavy atom. The minimum Gasteiger partial charge on any atom is -0.327 e. The highest BCUT2D eigenvalue weighted by atomic mass is 14.5. The maximum Gasteiger partial charge on any atom is 0.0110 e. The van der Waals surface area contributed by atoms with Gasteiger partial charge in [-0.15, -0.1) is 0 Å². The molecule has 0 amide bonds. The van der Waals surface area contributed by atoms with Crippen LogP contribution in [-0.2, 0) is 0 Å². The van der Waals surface area contributed by atoms with Crippen molar-refractivity contribution < 1.29 is 0 Å². The van der Waals surface area contributed by atoms with Crippen molar-refractivity contribution in [3.8, 4) is 0 Å². The van der Waals surface area contributed by atoms with Crippen LogP contribution in [0, 0.1) is 13.8 Å². The summed E-state index contributed by atoms with van der Waals surface area (Å²) in [7, 11) is 0. The molecule has 1 aromatic carbocycles. The standard InChI is InChI=1S/C11H15N/c1-9-5-3-6-10(2)11(9)7-4-8-12/h3-7H,8,12H2,1-2H3. The van der Waals surface area contributed by atoms with Gasteiger partial charge >= 0.3 is 0 Å². The van der Waals surface area contributed by atoms with Crippen molar-refractivity contribution in [1.29, 1.82) is 0 Å². The first-order valence-electron chi connectivity index (χ1n) is 4.18. The molecule has 0 bridgehead atoms. The normalized spacial score (nSPS) is 10.9. The molecule has 0 aliphatic carbocycles. The van der Waals surface area contributed by atoms with E-state index in [4.69, 9.17) is 5.73 Å². The Balaban J connectivity index is 3.04. The highest BCUT2D eigenvalue weighted by Crippen LogP contribution is 2.14. The smallest absolute Gasteiger partial charge is 0.0110 e. The largest absolute Gasteiger partial charge is 0.327 e. The summed E-state index contributed by atoms with van der Waals surface area (Å²) >= 11 is 0. The van der Waals surface area contributed by atoms with Gasteiger partial charge in [-0.1, -0.05) is 30.4 Å². The second-order valence-electron chi connectivity index (χ2n) is 2.94. The molecule has 0 fully saturated rings. The van der Waals surface area contributed by atoms with Crippen LogP contribution in [0.2, 0.25) is 0 Å². The Labute approximate surface area is 73.9 Å². The first-order valence-corrected chi connectivity index (χ1v) is 4.18. The maximum absolute atomic E-state index is 5.39. The number of hydrogen-bond acceptors (Lipinski definition) is 1. The number of aryl methyl sites for hydroxylation is 2. The highest BCUT2D eigenvalue weighted by molar-refractivity contribution is 5.57. The minimum atomic E-state index is 0.605. The van der Waals surface area contributed by atoms with Gasteiger partial charge in [0.05, 0.1) is 0 Å². The third-order valence-electron chi connectivity index (χ3n) is 1.96. The fourth-order valence-electron chi connectivity index (χ4n) is 1.28. The number of rotatable bonds is 2. The number of benzene rings is 1. The molecule has 0 aromatic heterocycles. The van der Waals surface area contributed by atoms with Crippen molar-refractivity contribution in [3.63, 3.8) is 0 Å². The number of nitrogens with two attached hydrogens (primary N) is 1. The van der Waals surface area contributed by atoms with E-state index in [1.54, 1.807) is 0 Å². The monoisotopic (exact) mass is 161 g/mol. The van der Waals surface area contributed by atoms with Crippen molar-refractivity contribution >= 4 is 6.08 Å². The van der Waals surface area contributed by atoms with E-state index in [0.29, 0.717) is 6.54 Å². The van der Waals surface area contributed by atoms with Crippen molar-refractivity contribution in [2.24, 2.45) is 5.73 Å². The summed E-state index contributed by atoms with van der Waals surface area (Å²) in [6, 6.07) is 6.30. The molecule has 64 valence electrons. The van der Waals surface area contributed by atoms with Crippen LogP contribution in [0.5, 0.6) is 0 Å². The fourth-order valence-corrected chi connectivity index (χ4v) is 1.28. The molecule has 0 aliphatic rings. The van der Waals surface area contributed by atoms with Gasteiger partial charge in [-0.05, 0) is 30.5 Å². The lowest BCUT2D eigenvalue weighted by Gasteiger charge is -2.03. The average molecular weight is 161 g/mol. The van der Waals surface area contributed by atoms with E-state index in [-0.39, 0.29) is 0 Å². The van der Waals surface area contributed by atoms with Gasteiger partial charge in [0.25, 0.3) is 0 Å². The molecule has 0 radical (unpaired) electrons. The summed E-state index contributed by atoms with van der Waals surface area (Å²) in [6.45, 7) is 4.83. The molecule has 0 spiro atoms. The van der Waals surface area contributed by atoms with Gasteiger partial charge in [-0.25, -0.2) is 0 Å². The van der Waals surface area contributed by atoms with E-state index in [1.165, 1.54) is 16.7 Å². The second kappa shape index (κ2) is 4.07. The van der Waals surface area contributed by atoms with E-state index >= 15 is 0 Å². The van der Waals surface area contributed by atoms with Crippen LogP contribution in [-0.4, -0.2) is 6.54 Å². The van der Waals surface area contributed by atoms with Crippen molar-refractivity contribution in [2.75, 3.05) is 6.54 Å². The topological polar surface area (TPSA) is 26.0 Å². The first-order chi connectivity index (χ1) is 5.75. The van der Waals surface area contributed by atoms with Gasteiger partial charge in [-0.3, -0.25) is 0 Å². The highest BCUT2D eigenvalue weighted by Gasteiger charge is 1.95. The zero-order valence-corrected chi connectivity index (χ0v) is 7.67.